The van der Waals surface area contributed by atoms with E-state index in [1.54, 1.807) is 13.8 Å². The highest BCUT2D eigenvalue weighted by atomic mass is 16.5. The van der Waals surface area contributed by atoms with Gasteiger partial charge in [-0.2, -0.15) is 0 Å². The maximum absolute atomic E-state index is 12.5. The molecule has 5 heteroatoms. The highest BCUT2D eigenvalue weighted by molar-refractivity contribution is 5.81. The van der Waals surface area contributed by atoms with Gasteiger partial charge in [-0.25, -0.2) is 9.59 Å². The van der Waals surface area contributed by atoms with Gasteiger partial charge < -0.3 is 15.2 Å². The number of ether oxygens (including phenoxy) is 1. The second-order valence-electron chi connectivity index (χ2n) is 11.5. The van der Waals surface area contributed by atoms with E-state index in [9.17, 15) is 14.7 Å². The molecule has 0 fully saturated rings. The first-order valence-electron chi connectivity index (χ1n) is 11.7. The molecule has 1 aliphatic carbocycles. The number of carboxylic acids is 1. The molecular formula is C28H37NO4. The zero-order chi connectivity index (χ0) is 24.7. The number of amides is 1. The predicted molar refractivity (Wildman–Crippen MR) is 132 cm³/mol. The molecule has 0 aromatic heterocycles. The molecule has 2 aromatic rings. The maximum atomic E-state index is 12.5. The molecule has 2 aromatic carbocycles. The summed E-state index contributed by atoms with van der Waals surface area (Å²) in [4.78, 5) is 24.0. The van der Waals surface area contributed by atoms with Gasteiger partial charge in [0.25, 0.3) is 0 Å². The summed E-state index contributed by atoms with van der Waals surface area (Å²) in [6.45, 7) is 16.8. The number of alkyl carbamates (subject to hydrolysis) is 1. The van der Waals surface area contributed by atoms with Crippen LogP contribution >= 0.6 is 0 Å². The van der Waals surface area contributed by atoms with Crippen molar-refractivity contribution in [3.63, 3.8) is 0 Å². The van der Waals surface area contributed by atoms with Crippen LogP contribution in [0.4, 0.5) is 4.79 Å². The lowest BCUT2D eigenvalue weighted by Crippen LogP contribution is -2.44. The van der Waals surface area contributed by atoms with Crippen molar-refractivity contribution in [2.45, 2.75) is 78.2 Å². The smallest absolute Gasteiger partial charge is 0.407 e. The van der Waals surface area contributed by atoms with Crippen LogP contribution in [0.15, 0.2) is 36.4 Å². The first-order chi connectivity index (χ1) is 15.2. The van der Waals surface area contributed by atoms with Crippen molar-refractivity contribution >= 4 is 12.1 Å². The van der Waals surface area contributed by atoms with E-state index in [-0.39, 0.29) is 29.3 Å². The number of hydrogen-bond acceptors (Lipinski definition) is 3. The molecule has 0 radical (unpaired) electrons. The zero-order valence-corrected chi connectivity index (χ0v) is 21.1. The Morgan fingerprint density at radius 3 is 1.73 bits per heavy atom. The normalized spacial score (nSPS) is 14.6. The molecule has 0 unspecified atom stereocenters. The zero-order valence-electron chi connectivity index (χ0n) is 21.1. The summed E-state index contributed by atoms with van der Waals surface area (Å²) in [5.41, 5.74) is 7.07. The molecule has 0 heterocycles. The summed E-state index contributed by atoms with van der Waals surface area (Å²) >= 11 is 0. The highest BCUT2D eigenvalue weighted by Crippen LogP contribution is 2.47. The topological polar surface area (TPSA) is 75.6 Å². The van der Waals surface area contributed by atoms with E-state index >= 15 is 0 Å². The van der Waals surface area contributed by atoms with Gasteiger partial charge in [0.15, 0.2) is 0 Å². The minimum Gasteiger partial charge on any atom is -0.480 e. The molecule has 33 heavy (non-hydrogen) atoms. The summed E-state index contributed by atoms with van der Waals surface area (Å²) in [6, 6.07) is 12.2. The van der Waals surface area contributed by atoms with Crippen molar-refractivity contribution in [3.8, 4) is 11.1 Å². The average Bonchev–Trinajstić information content (AvgIpc) is 3.01. The molecule has 0 saturated carbocycles. The molecule has 0 aliphatic heterocycles. The highest BCUT2D eigenvalue weighted by Gasteiger charge is 2.33. The SMILES string of the molecule is CC(C)[C@H](NC(=O)OCC1c2cc(C(C)(C)C)ccc2-c2ccc(C(C)(C)C)cc21)C(=O)O. The van der Waals surface area contributed by atoms with E-state index in [4.69, 9.17) is 4.74 Å². The second kappa shape index (κ2) is 8.85. The Bertz CT molecular complexity index is 993. The number of hydrogen-bond donors (Lipinski definition) is 2. The van der Waals surface area contributed by atoms with Gasteiger partial charge in [-0.3, -0.25) is 0 Å². The van der Waals surface area contributed by atoms with Gasteiger partial charge in [0.1, 0.15) is 12.6 Å². The Balaban J connectivity index is 1.96. The van der Waals surface area contributed by atoms with Crippen LogP contribution in [-0.2, 0) is 20.4 Å². The third-order valence-corrected chi connectivity index (χ3v) is 6.46. The summed E-state index contributed by atoms with van der Waals surface area (Å²) in [7, 11) is 0. The Morgan fingerprint density at radius 1 is 0.909 bits per heavy atom. The van der Waals surface area contributed by atoms with Crippen molar-refractivity contribution in [1.82, 2.24) is 5.32 Å². The Morgan fingerprint density at radius 2 is 1.36 bits per heavy atom. The van der Waals surface area contributed by atoms with Gasteiger partial charge in [-0.1, -0.05) is 91.8 Å². The summed E-state index contributed by atoms with van der Waals surface area (Å²) in [6.07, 6.45) is -0.704. The van der Waals surface area contributed by atoms with Gasteiger partial charge in [0.05, 0.1) is 0 Å². The van der Waals surface area contributed by atoms with E-state index in [2.05, 4.69) is 83.3 Å². The van der Waals surface area contributed by atoms with E-state index < -0.39 is 18.1 Å². The van der Waals surface area contributed by atoms with Crippen LogP contribution in [-0.4, -0.2) is 29.8 Å². The van der Waals surface area contributed by atoms with E-state index in [1.165, 1.54) is 11.1 Å². The Labute approximate surface area is 197 Å². The van der Waals surface area contributed by atoms with Crippen LogP contribution in [0, 0.1) is 5.92 Å². The third-order valence-electron chi connectivity index (χ3n) is 6.46. The van der Waals surface area contributed by atoms with Gasteiger partial charge >= 0.3 is 12.1 Å². The van der Waals surface area contributed by atoms with Gasteiger partial charge in [0.2, 0.25) is 0 Å². The van der Waals surface area contributed by atoms with Crippen LogP contribution in [0.3, 0.4) is 0 Å². The molecule has 1 amide bonds. The molecule has 0 bridgehead atoms. The standard InChI is InChI=1S/C28H37NO4/c1-16(2)24(25(30)31)29-26(32)33-15-23-21-13-17(27(3,4)5)9-11-19(21)20-12-10-18(14-22(20)23)28(6,7)8/h9-14,16,23-24H,15H2,1-8H3,(H,29,32)(H,30,31)/t24-/m0/s1. The van der Waals surface area contributed by atoms with Crippen LogP contribution in [0.5, 0.6) is 0 Å². The second-order valence-corrected chi connectivity index (χ2v) is 11.5. The summed E-state index contributed by atoms with van der Waals surface area (Å²) in [5.74, 6) is -1.41. The van der Waals surface area contributed by atoms with Crippen molar-refractivity contribution in [2.75, 3.05) is 6.61 Å². The predicted octanol–water partition coefficient (Wildman–Crippen LogP) is 6.23. The number of carboxylic acid groups (broad SMARTS) is 1. The van der Waals surface area contributed by atoms with Crippen molar-refractivity contribution in [1.29, 1.82) is 0 Å². The minimum absolute atomic E-state index is 0.00483. The fraction of sp³-hybridized carbons (Fsp3) is 0.500. The van der Waals surface area contributed by atoms with E-state index in [0.29, 0.717) is 0 Å². The van der Waals surface area contributed by atoms with Crippen LogP contribution in [0.2, 0.25) is 0 Å². The molecule has 1 aliphatic rings. The molecule has 1 atom stereocenters. The average molecular weight is 452 g/mol. The van der Waals surface area contributed by atoms with E-state index in [1.807, 2.05) is 0 Å². The molecular weight excluding hydrogens is 414 g/mol. The lowest BCUT2D eigenvalue weighted by molar-refractivity contribution is -0.140. The molecule has 5 nitrogen and oxygen atoms in total. The molecule has 3 rings (SSSR count). The monoisotopic (exact) mass is 451 g/mol. The molecule has 0 spiro atoms. The number of fused-ring (bicyclic) bond motifs is 3. The van der Waals surface area contributed by atoms with Crippen LogP contribution in [0.25, 0.3) is 11.1 Å². The van der Waals surface area contributed by atoms with Gasteiger partial charge in [-0.15, -0.1) is 0 Å². The van der Waals surface area contributed by atoms with Gasteiger partial charge in [0, 0.05) is 5.92 Å². The van der Waals surface area contributed by atoms with Crippen molar-refractivity contribution in [3.05, 3.63) is 58.7 Å². The first kappa shape index (κ1) is 24.8. The molecule has 178 valence electrons. The molecule has 0 saturated heterocycles. The largest absolute Gasteiger partial charge is 0.480 e. The fourth-order valence-electron chi connectivity index (χ4n) is 4.31. The molecule has 2 N–H and O–H groups in total. The number of aliphatic carboxylic acids is 1. The number of benzene rings is 2. The third kappa shape index (κ3) is 5.23. The number of rotatable bonds is 5. The number of carbonyl (C=O) groups excluding carboxylic acids is 1. The fourth-order valence-corrected chi connectivity index (χ4v) is 4.31. The van der Waals surface area contributed by atoms with Gasteiger partial charge in [-0.05, 0) is 50.1 Å². The summed E-state index contributed by atoms with van der Waals surface area (Å²) in [5, 5.41) is 11.9. The van der Waals surface area contributed by atoms with Crippen LogP contribution in [0.1, 0.15) is 83.6 Å². The van der Waals surface area contributed by atoms with E-state index in [0.717, 1.165) is 22.3 Å². The Hall–Kier alpha value is -2.82. The van der Waals surface area contributed by atoms with Crippen molar-refractivity contribution in [2.24, 2.45) is 5.92 Å². The lowest BCUT2D eigenvalue weighted by atomic mass is 9.83. The summed E-state index contributed by atoms with van der Waals surface area (Å²) < 4.78 is 5.61. The quantitative estimate of drug-likeness (QED) is 0.565. The number of nitrogens with one attached hydrogen (secondary N) is 1. The maximum Gasteiger partial charge on any atom is 0.407 e. The lowest BCUT2D eigenvalue weighted by Gasteiger charge is -2.23. The number of carbonyl (C=O) groups is 2. The van der Waals surface area contributed by atoms with Crippen molar-refractivity contribution < 1.29 is 19.4 Å². The first-order valence-corrected chi connectivity index (χ1v) is 11.7. The van der Waals surface area contributed by atoms with Crippen LogP contribution < -0.4 is 5.32 Å². The minimum atomic E-state index is -1.07. The Kier molecular flexibility index (Phi) is 6.65.